The summed E-state index contributed by atoms with van der Waals surface area (Å²) in [7, 11) is 0. The van der Waals surface area contributed by atoms with E-state index in [2.05, 4.69) is 4.57 Å². The van der Waals surface area contributed by atoms with Crippen LogP contribution in [0, 0.1) is 0 Å². The first kappa shape index (κ1) is 17.5. The summed E-state index contributed by atoms with van der Waals surface area (Å²) in [4.78, 5) is 33.8. The molecule has 1 unspecified atom stereocenters. The Kier molecular flexibility index (Phi) is 4.07. The van der Waals surface area contributed by atoms with Crippen molar-refractivity contribution >= 4 is 57.7 Å². The van der Waals surface area contributed by atoms with Gasteiger partial charge in [0.25, 0.3) is 5.91 Å². The SMILES string of the molecule is O=C1CC(N2CCCn3c2nc2ccccc23)C(=O)N1c1ccc(Cl)c(Cl)c1. The fraction of sp³-hybridized carbons (Fsp3) is 0.250. The van der Waals surface area contributed by atoms with Gasteiger partial charge in [0.05, 0.1) is 33.2 Å². The normalized spacial score (nSPS) is 19.6. The Labute approximate surface area is 171 Å². The zero-order valence-electron chi connectivity index (χ0n) is 14.8. The van der Waals surface area contributed by atoms with E-state index in [4.69, 9.17) is 28.2 Å². The van der Waals surface area contributed by atoms with E-state index in [1.54, 1.807) is 18.2 Å². The molecule has 1 saturated heterocycles. The van der Waals surface area contributed by atoms with Crippen LogP contribution in [0.25, 0.3) is 11.0 Å². The number of nitrogens with zero attached hydrogens (tertiary/aromatic N) is 4. The van der Waals surface area contributed by atoms with Crippen LogP contribution in [-0.4, -0.2) is 34.0 Å². The minimum atomic E-state index is -0.571. The van der Waals surface area contributed by atoms with Gasteiger partial charge >= 0.3 is 0 Å². The zero-order chi connectivity index (χ0) is 19.4. The number of carbonyl (C=O) groups excluding carboxylic acids is 2. The molecular weight excluding hydrogens is 399 g/mol. The summed E-state index contributed by atoms with van der Waals surface area (Å²) in [5, 5.41) is 0.689. The van der Waals surface area contributed by atoms with Gasteiger partial charge in [-0.3, -0.25) is 9.59 Å². The lowest BCUT2D eigenvalue weighted by Gasteiger charge is -2.32. The number of halogens is 2. The topological polar surface area (TPSA) is 58.4 Å². The summed E-state index contributed by atoms with van der Waals surface area (Å²) in [5.74, 6) is 0.236. The van der Waals surface area contributed by atoms with Gasteiger partial charge in [-0.2, -0.15) is 0 Å². The van der Waals surface area contributed by atoms with Crippen LogP contribution in [0.4, 0.5) is 11.6 Å². The molecule has 2 aliphatic rings. The maximum atomic E-state index is 13.2. The van der Waals surface area contributed by atoms with E-state index >= 15 is 0 Å². The van der Waals surface area contributed by atoms with Crippen molar-refractivity contribution in [1.82, 2.24) is 9.55 Å². The van der Waals surface area contributed by atoms with E-state index in [-0.39, 0.29) is 18.2 Å². The highest BCUT2D eigenvalue weighted by atomic mass is 35.5. The van der Waals surface area contributed by atoms with Crippen molar-refractivity contribution in [1.29, 1.82) is 0 Å². The molecule has 0 N–H and O–H groups in total. The molecule has 1 aromatic heterocycles. The maximum absolute atomic E-state index is 13.2. The highest BCUT2D eigenvalue weighted by molar-refractivity contribution is 6.42. The summed E-state index contributed by atoms with van der Waals surface area (Å²) in [6.07, 6.45) is 1.00. The highest BCUT2D eigenvalue weighted by Crippen LogP contribution is 2.34. The molecule has 8 heteroatoms. The van der Waals surface area contributed by atoms with Gasteiger partial charge in [-0.25, -0.2) is 9.88 Å². The van der Waals surface area contributed by atoms with Crippen molar-refractivity contribution in [2.45, 2.75) is 25.4 Å². The van der Waals surface area contributed by atoms with Crippen LogP contribution < -0.4 is 9.80 Å². The van der Waals surface area contributed by atoms with Crippen molar-refractivity contribution in [2.75, 3.05) is 16.3 Å². The number of hydrogen-bond donors (Lipinski definition) is 0. The minimum Gasteiger partial charge on any atom is -0.330 e. The molecular formula is C20H16Cl2N4O2. The average Bonchev–Trinajstić information content (AvgIpc) is 3.21. The number of carbonyl (C=O) groups is 2. The molecule has 0 spiro atoms. The fourth-order valence-corrected chi connectivity index (χ4v) is 4.34. The standard InChI is InChI=1S/C20H16Cl2N4O2/c21-13-7-6-12(10-14(13)22)26-18(27)11-17(19(26)28)25-9-3-8-24-16-5-2-1-4-15(16)23-20(24)25/h1-2,4-7,10,17H,3,8-9,11H2. The molecule has 1 fully saturated rings. The number of para-hydroxylation sites is 2. The smallest absolute Gasteiger partial charge is 0.257 e. The van der Waals surface area contributed by atoms with Gasteiger partial charge in [0.2, 0.25) is 11.9 Å². The number of benzene rings is 2. The predicted molar refractivity (Wildman–Crippen MR) is 109 cm³/mol. The third-order valence-corrected chi connectivity index (χ3v) is 6.07. The van der Waals surface area contributed by atoms with Gasteiger partial charge in [0, 0.05) is 13.1 Å². The lowest BCUT2D eigenvalue weighted by molar-refractivity contribution is -0.121. The number of rotatable bonds is 2. The quantitative estimate of drug-likeness (QED) is 0.596. The first-order valence-corrected chi connectivity index (χ1v) is 9.84. The Morgan fingerprint density at radius 1 is 1.00 bits per heavy atom. The van der Waals surface area contributed by atoms with Gasteiger partial charge in [-0.15, -0.1) is 0 Å². The number of hydrogen-bond acceptors (Lipinski definition) is 4. The fourth-order valence-electron chi connectivity index (χ4n) is 4.05. The van der Waals surface area contributed by atoms with E-state index in [1.165, 1.54) is 4.90 Å². The summed E-state index contributed by atoms with van der Waals surface area (Å²) >= 11 is 12.0. The largest absolute Gasteiger partial charge is 0.330 e. The molecule has 1 atom stereocenters. The van der Waals surface area contributed by atoms with E-state index < -0.39 is 6.04 Å². The third kappa shape index (κ3) is 2.59. The highest BCUT2D eigenvalue weighted by Gasteiger charge is 2.44. The third-order valence-electron chi connectivity index (χ3n) is 5.33. The predicted octanol–water partition coefficient (Wildman–Crippen LogP) is 3.89. The van der Waals surface area contributed by atoms with Crippen molar-refractivity contribution in [2.24, 2.45) is 0 Å². The monoisotopic (exact) mass is 414 g/mol. The number of fused-ring (bicyclic) bond motifs is 3. The second-order valence-corrected chi connectivity index (χ2v) is 7.80. The van der Waals surface area contributed by atoms with Gasteiger partial charge in [0.15, 0.2) is 0 Å². The Bertz CT molecular complexity index is 1130. The first-order valence-electron chi connectivity index (χ1n) is 9.08. The maximum Gasteiger partial charge on any atom is 0.257 e. The molecule has 0 saturated carbocycles. The minimum absolute atomic E-state index is 0.113. The molecule has 3 heterocycles. The van der Waals surface area contributed by atoms with Crippen LogP contribution in [0.2, 0.25) is 10.0 Å². The van der Waals surface area contributed by atoms with Crippen LogP contribution >= 0.6 is 23.2 Å². The zero-order valence-corrected chi connectivity index (χ0v) is 16.3. The van der Waals surface area contributed by atoms with Crippen LogP contribution in [0.3, 0.4) is 0 Å². The van der Waals surface area contributed by atoms with Crippen LogP contribution in [0.5, 0.6) is 0 Å². The van der Waals surface area contributed by atoms with Crippen LogP contribution in [0.15, 0.2) is 42.5 Å². The van der Waals surface area contributed by atoms with E-state index in [9.17, 15) is 9.59 Å². The van der Waals surface area contributed by atoms with Gasteiger partial charge in [-0.05, 0) is 36.8 Å². The van der Waals surface area contributed by atoms with Crippen LogP contribution in [0.1, 0.15) is 12.8 Å². The lowest BCUT2D eigenvalue weighted by atomic mass is 10.2. The molecule has 0 radical (unpaired) electrons. The molecule has 2 amide bonds. The van der Waals surface area contributed by atoms with Gasteiger partial charge < -0.3 is 9.47 Å². The Morgan fingerprint density at radius 3 is 2.64 bits per heavy atom. The molecule has 6 nitrogen and oxygen atoms in total. The van der Waals surface area contributed by atoms with Crippen molar-refractivity contribution in [3.63, 3.8) is 0 Å². The number of amides is 2. The second-order valence-electron chi connectivity index (χ2n) is 6.98. The Hall–Kier alpha value is -2.57. The van der Waals surface area contributed by atoms with E-state index in [0.29, 0.717) is 22.3 Å². The summed E-state index contributed by atoms with van der Waals surface area (Å²) in [5.41, 5.74) is 2.38. The molecule has 5 rings (SSSR count). The van der Waals surface area contributed by atoms with Crippen molar-refractivity contribution in [3.05, 3.63) is 52.5 Å². The Morgan fingerprint density at radius 2 is 1.82 bits per heavy atom. The van der Waals surface area contributed by atoms with Gasteiger partial charge in [0.1, 0.15) is 6.04 Å². The lowest BCUT2D eigenvalue weighted by Crippen LogP contribution is -2.46. The van der Waals surface area contributed by atoms with Crippen molar-refractivity contribution in [3.8, 4) is 0 Å². The molecule has 2 aromatic carbocycles. The molecule has 0 aliphatic carbocycles. The van der Waals surface area contributed by atoms with E-state index in [1.807, 2.05) is 29.2 Å². The molecule has 28 heavy (non-hydrogen) atoms. The molecule has 3 aromatic rings. The van der Waals surface area contributed by atoms with Crippen LogP contribution in [-0.2, 0) is 16.1 Å². The number of aryl methyl sites for hydroxylation is 1. The van der Waals surface area contributed by atoms with E-state index in [0.717, 1.165) is 29.9 Å². The second kappa shape index (κ2) is 6.50. The molecule has 0 bridgehead atoms. The number of aromatic nitrogens is 2. The van der Waals surface area contributed by atoms with Gasteiger partial charge in [-0.1, -0.05) is 35.3 Å². The number of anilines is 2. The summed E-state index contributed by atoms with van der Waals surface area (Å²) in [6.45, 7) is 1.53. The molecule has 142 valence electrons. The summed E-state index contributed by atoms with van der Waals surface area (Å²) < 4.78 is 2.12. The number of imidazole rings is 1. The number of imide groups is 1. The first-order chi connectivity index (χ1) is 13.5. The Balaban J connectivity index is 1.52. The molecule has 2 aliphatic heterocycles. The van der Waals surface area contributed by atoms with Crippen molar-refractivity contribution < 1.29 is 9.59 Å². The summed E-state index contributed by atoms with van der Waals surface area (Å²) in [6, 6.07) is 12.1. The average molecular weight is 415 g/mol.